The molecule has 0 spiro atoms. The van der Waals surface area contributed by atoms with Crippen molar-refractivity contribution in [2.24, 2.45) is 11.7 Å². The van der Waals surface area contributed by atoms with Crippen molar-refractivity contribution < 1.29 is 4.79 Å². The van der Waals surface area contributed by atoms with E-state index in [4.69, 9.17) is 5.73 Å². The van der Waals surface area contributed by atoms with Gasteiger partial charge in [0.2, 0.25) is 5.91 Å². The molecule has 1 rings (SSSR count). The summed E-state index contributed by atoms with van der Waals surface area (Å²) < 4.78 is 0. The van der Waals surface area contributed by atoms with Gasteiger partial charge in [-0.15, -0.1) is 0 Å². The molecule has 0 unspecified atom stereocenters. The van der Waals surface area contributed by atoms with Crippen molar-refractivity contribution in [2.75, 3.05) is 46.3 Å². The molecule has 0 aromatic carbocycles. The molecule has 0 aromatic rings. The van der Waals surface area contributed by atoms with Crippen molar-refractivity contribution in [3.8, 4) is 0 Å². The standard InChI is InChI=1S/C13H28N4O/c1-11(2)10-12(14)13(18)15-4-5-17-8-6-16(3)7-9-17/h11-12H,4-10,14H2,1-3H3,(H,15,18)/t12-/m1/s1. The van der Waals surface area contributed by atoms with Crippen LogP contribution in [0.25, 0.3) is 0 Å². The number of amides is 1. The molecular formula is C13H28N4O. The van der Waals surface area contributed by atoms with Gasteiger partial charge in [-0.05, 0) is 19.4 Å². The number of rotatable bonds is 6. The Kier molecular flexibility index (Phi) is 6.60. The van der Waals surface area contributed by atoms with Gasteiger partial charge in [-0.2, -0.15) is 0 Å². The Morgan fingerprint density at radius 1 is 1.28 bits per heavy atom. The van der Waals surface area contributed by atoms with E-state index >= 15 is 0 Å². The first kappa shape index (κ1) is 15.4. The largest absolute Gasteiger partial charge is 0.353 e. The third-order valence-corrected chi connectivity index (χ3v) is 3.39. The highest BCUT2D eigenvalue weighted by Crippen LogP contribution is 2.02. The number of carbonyl (C=O) groups excluding carboxylic acids is 1. The first-order valence-electron chi connectivity index (χ1n) is 6.93. The Bertz CT molecular complexity index is 249. The van der Waals surface area contributed by atoms with Crippen LogP contribution < -0.4 is 11.1 Å². The fourth-order valence-corrected chi connectivity index (χ4v) is 2.15. The van der Waals surface area contributed by atoms with E-state index in [0.29, 0.717) is 12.5 Å². The second-order valence-electron chi connectivity index (χ2n) is 5.67. The summed E-state index contributed by atoms with van der Waals surface area (Å²) in [6.07, 6.45) is 0.750. The average Bonchev–Trinajstić information content (AvgIpc) is 2.30. The van der Waals surface area contributed by atoms with E-state index < -0.39 is 0 Å². The number of nitrogens with zero attached hydrogens (tertiary/aromatic N) is 2. The lowest BCUT2D eigenvalue weighted by Crippen LogP contribution is -2.48. The second-order valence-corrected chi connectivity index (χ2v) is 5.67. The molecule has 106 valence electrons. The molecule has 5 heteroatoms. The van der Waals surface area contributed by atoms with Gasteiger partial charge in [0.05, 0.1) is 6.04 Å². The maximum Gasteiger partial charge on any atom is 0.236 e. The second kappa shape index (κ2) is 7.71. The van der Waals surface area contributed by atoms with E-state index in [-0.39, 0.29) is 11.9 Å². The monoisotopic (exact) mass is 256 g/mol. The van der Waals surface area contributed by atoms with Crippen LogP contribution in [0.4, 0.5) is 0 Å². The first-order valence-corrected chi connectivity index (χ1v) is 6.93. The molecule has 1 saturated heterocycles. The van der Waals surface area contributed by atoms with E-state index in [1.807, 2.05) is 0 Å². The number of likely N-dealkylation sites (N-methyl/N-ethyl adjacent to an activating group) is 1. The molecule has 0 radical (unpaired) electrons. The normalized spacial score (nSPS) is 20.1. The average molecular weight is 256 g/mol. The van der Waals surface area contributed by atoms with E-state index in [9.17, 15) is 4.79 Å². The smallest absolute Gasteiger partial charge is 0.236 e. The quantitative estimate of drug-likeness (QED) is 0.686. The van der Waals surface area contributed by atoms with Crippen LogP contribution in [0.1, 0.15) is 20.3 Å². The molecule has 1 amide bonds. The fraction of sp³-hybridized carbons (Fsp3) is 0.923. The first-order chi connectivity index (χ1) is 8.49. The molecule has 1 atom stereocenters. The minimum absolute atomic E-state index is 0.0159. The molecule has 1 heterocycles. The molecule has 0 aliphatic carbocycles. The lowest BCUT2D eigenvalue weighted by atomic mass is 10.0. The van der Waals surface area contributed by atoms with Gasteiger partial charge in [-0.25, -0.2) is 0 Å². The summed E-state index contributed by atoms with van der Waals surface area (Å²) in [6, 6.07) is -0.363. The molecule has 0 saturated carbocycles. The van der Waals surface area contributed by atoms with Gasteiger partial charge in [0.15, 0.2) is 0 Å². The summed E-state index contributed by atoms with van der Waals surface area (Å²) in [5, 5.41) is 2.93. The number of piperazine rings is 1. The van der Waals surface area contributed by atoms with Crippen LogP contribution >= 0.6 is 0 Å². The van der Waals surface area contributed by atoms with Gasteiger partial charge in [-0.1, -0.05) is 13.8 Å². The summed E-state index contributed by atoms with van der Waals surface area (Å²) in [5.74, 6) is 0.446. The third-order valence-electron chi connectivity index (χ3n) is 3.39. The summed E-state index contributed by atoms with van der Waals surface area (Å²) >= 11 is 0. The molecular weight excluding hydrogens is 228 g/mol. The topological polar surface area (TPSA) is 61.6 Å². The predicted octanol–water partition coefficient (Wildman–Crippen LogP) is -0.277. The van der Waals surface area contributed by atoms with Crippen molar-refractivity contribution in [3.05, 3.63) is 0 Å². The van der Waals surface area contributed by atoms with Gasteiger partial charge in [0.1, 0.15) is 0 Å². The maximum atomic E-state index is 11.7. The minimum Gasteiger partial charge on any atom is -0.353 e. The molecule has 3 N–H and O–H groups in total. The number of hydrogen-bond donors (Lipinski definition) is 2. The fourth-order valence-electron chi connectivity index (χ4n) is 2.15. The van der Waals surface area contributed by atoms with Crippen molar-refractivity contribution in [3.63, 3.8) is 0 Å². The van der Waals surface area contributed by atoms with Crippen LogP contribution in [0, 0.1) is 5.92 Å². The molecule has 0 aromatic heterocycles. The van der Waals surface area contributed by atoms with E-state index in [0.717, 1.165) is 39.1 Å². The van der Waals surface area contributed by atoms with Crippen LogP contribution in [0.5, 0.6) is 0 Å². The maximum absolute atomic E-state index is 11.7. The Morgan fingerprint density at radius 3 is 2.44 bits per heavy atom. The predicted molar refractivity (Wildman–Crippen MR) is 74.4 cm³/mol. The molecule has 1 aliphatic heterocycles. The number of hydrogen-bond acceptors (Lipinski definition) is 4. The number of carbonyl (C=O) groups is 1. The Morgan fingerprint density at radius 2 is 1.89 bits per heavy atom. The number of nitrogens with two attached hydrogens (primary N) is 1. The zero-order chi connectivity index (χ0) is 13.5. The SMILES string of the molecule is CC(C)C[C@@H](N)C(=O)NCCN1CCN(C)CC1. The van der Waals surface area contributed by atoms with Crippen molar-refractivity contribution in [1.29, 1.82) is 0 Å². The summed E-state index contributed by atoms with van der Waals surface area (Å²) in [4.78, 5) is 16.4. The highest BCUT2D eigenvalue weighted by Gasteiger charge is 2.16. The van der Waals surface area contributed by atoms with Gasteiger partial charge < -0.3 is 16.0 Å². The van der Waals surface area contributed by atoms with Crippen molar-refractivity contribution in [2.45, 2.75) is 26.3 Å². The third kappa shape index (κ3) is 5.80. The zero-order valence-electron chi connectivity index (χ0n) is 12.0. The van der Waals surface area contributed by atoms with Gasteiger partial charge in [-0.3, -0.25) is 9.69 Å². The molecule has 1 aliphatic rings. The minimum atomic E-state index is -0.363. The van der Waals surface area contributed by atoms with Crippen LogP contribution in [0.2, 0.25) is 0 Å². The summed E-state index contributed by atoms with van der Waals surface area (Å²) in [6.45, 7) is 10.2. The van der Waals surface area contributed by atoms with Gasteiger partial charge in [0, 0.05) is 39.3 Å². The van der Waals surface area contributed by atoms with Crippen molar-refractivity contribution >= 4 is 5.91 Å². The molecule has 1 fully saturated rings. The van der Waals surface area contributed by atoms with Crippen molar-refractivity contribution in [1.82, 2.24) is 15.1 Å². The van der Waals surface area contributed by atoms with Crippen LogP contribution in [-0.2, 0) is 4.79 Å². The van der Waals surface area contributed by atoms with Gasteiger partial charge in [0.25, 0.3) is 0 Å². The number of nitrogens with one attached hydrogen (secondary N) is 1. The molecule has 18 heavy (non-hydrogen) atoms. The van der Waals surface area contributed by atoms with Crippen LogP contribution in [-0.4, -0.2) is 68.1 Å². The lowest BCUT2D eigenvalue weighted by Gasteiger charge is -2.32. The summed E-state index contributed by atoms with van der Waals surface area (Å²) in [5.41, 5.74) is 5.82. The zero-order valence-corrected chi connectivity index (χ0v) is 12.0. The Hall–Kier alpha value is -0.650. The Balaban J connectivity index is 2.11. The Labute approximate surface area is 111 Å². The van der Waals surface area contributed by atoms with E-state index in [2.05, 4.69) is 36.0 Å². The highest BCUT2D eigenvalue weighted by molar-refractivity contribution is 5.81. The molecule has 5 nitrogen and oxygen atoms in total. The van der Waals surface area contributed by atoms with Crippen LogP contribution in [0.3, 0.4) is 0 Å². The lowest BCUT2D eigenvalue weighted by molar-refractivity contribution is -0.122. The van der Waals surface area contributed by atoms with E-state index in [1.54, 1.807) is 0 Å². The van der Waals surface area contributed by atoms with Gasteiger partial charge >= 0.3 is 0 Å². The van der Waals surface area contributed by atoms with Crippen LogP contribution in [0.15, 0.2) is 0 Å². The summed E-state index contributed by atoms with van der Waals surface area (Å²) in [7, 11) is 2.14. The highest BCUT2D eigenvalue weighted by atomic mass is 16.2. The van der Waals surface area contributed by atoms with E-state index in [1.165, 1.54) is 0 Å². The molecule has 0 bridgehead atoms.